The van der Waals surface area contributed by atoms with E-state index in [4.69, 9.17) is 5.26 Å². The molecule has 1 aromatic heterocycles. The molecule has 7 heteroatoms. The molecule has 1 fully saturated rings. The lowest BCUT2D eigenvalue weighted by Crippen LogP contribution is -2.45. The highest BCUT2D eigenvalue weighted by Gasteiger charge is 2.23. The molecule has 3 rings (SSSR count). The molecular formula is C17H18FN5O. The smallest absolute Gasteiger partial charge is 0.317 e. The molecule has 6 nitrogen and oxygen atoms in total. The van der Waals surface area contributed by atoms with Crippen molar-refractivity contribution in [3.63, 3.8) is 0 Å². The summed E-state index contributed by atoms with van der Waals surface area (Å²) in [6, 6.07) is 8.20. The van der Waals surface area contributed by atoms with Crippen molar-refractivity contribution in [3.8, 4) is 11.8 Å². The molecule has 0 spiro atoms. The third-order valence-corrected chi connectivity index (χ3v) is 4.04. The second-order valence-electron chi connectivity index (χ2n) is 5.85. The van der Waals surface area contributed by atoms with Gasteiger partial charge in [-0.15, -0.1) is 0 Å². The fourth-order valence-electron chi connectivity index (χ4n) is 2.77. The summed E-state index contributed by atoms with van der Waals surface area (Å²) in [7, 11) is 0. The summed E-state index contributed by atoms with van der Waals surface area (Å²) >= 11 is 0. The van der Waals surface area contributed by atoms with Gasteiger partial charge in [-0.3, -0.25) is 0 Å². The first-order chi connectivity index (χ1) is 11.7. The maximum absolute atomic E-state index is 13.3. The topological polar surface area (TPSA) is 74.0 Å². The number of carbonyl (C=O) groups excluding carboxylic acids is 1. The Labute approximate surface area is 139 Å². The zero-order valence-electron chi connectivity index (χ0n) is 13.2. The van der Waals surface area contributed by atoms with Crippen LogP contribution in [-0.2, 0) is 6.54 Å². The van der Waals surface area contributed by atoms with Crippen LogP contribution in [0.5, 0.6) is 0 Å². The molecule has 0 bridgehead atoms. The van der Waals surface area contributed by atoms with Crippen LogP contribution in [0, 0.1) is 23.1 Å². The Bertz CT molecular complexity index is 766. The monoisotopic (exact) mass is 327 g/mol. The van der Waals surface area contributed by atoms with Gasteiger partial charge in [0.15, 0.2) is 0 Å². The highest BCUT2D eigenvalue weighted by atomic mass is 19.1. The Morgan fingerprint density at radius 3 is 3.17 bits per heavy atom. The van der Waals surface area contributed by atoms with E-state index in [-0.39, 0.29) is 17.8 Å². The Morgan fingerprint density at radius 1 is 1.50 bits per heavy atom. The lowest BCUT2D eigenvalue weighted by molar-refractivity contribution is 0.176. The van der Waals surface area contributed by atoms with Crippen LogP contribution in [0.2, 0.25) is 0 Å². The molecule has 1 aliphatic rings. The molecule has 2 heterocycles. The van der Waals surface area contributed by atoms with Gasteiger partial charge in [0.25, 0.3) is 0 Å². The third kappa shape index (κ3) is 3.71. The van der Waals surface area contributed by atoms with Gasteiger partial charge in [0.2, 0.25) is 0 Å². The first-order valence-corrected chi connectivity index (χ1v) is 7.87. The standard InChI is InChI=1S/C17H18FN5O/c18-15-4-1-5-16(7-15)23-12-14(10-21-23)9-20-17(24)22-6-2-3-13(8-19)11-22/h1,4-5,7,10,12-13H,2-3,6,9,11H2,(H,20,24)/t13-/m1/s1. The number of rotatable bonds is 3. The molecule has 1 aromatic carbocycles. The predicted molar refractivity (Wildman–Crippen MR) is 85.7 cm³/mol. The van der Waals surface area contributed by atoms with E-state index in [1.807, 2.05) is 0 Å². The largest absolute Gasteiger partial charge is 0.334 e. The van der Waals surface area contributed by atoms with E-state index in [0.717, 1.165) is 18.4 Å². The van der Waals surface area contributed by atoms with E-state index >= 15 is 0 Å². The number of likely N-dealkylation sites (tertiary alicyclic amines) is 1. The SMILES string of the molecule is N#C[C@H]1CCCN(C(=O)NCc2cnn(-c3cccc(F)c3)c2)C1. The number of carbonyl (C=O) groups is 1. The molecule has 1 atom stereocenters. The fraction of sp³-hybridized carbons (Fsp3) is 0.353. The normalized spacial score (nSPS) is 17.3. The van der Waals surface area contributed by atoms with Gasteiger partial charge < -0.3 is 10.2 Å². The Kier molecular flexibility index (Phi) is 4.75. The van der Waals surface area contributed by atoms with Crippen LogP contribution in [0.3, 0.4) is 0 Å². The average molecular weight is 327 g/mol. The molecule has 1 N–H and O–H groups in total. The second-order valence-corrected chi connectivity index (χ2v) is 5.85. The third-order valence-electron chi connectivity index (χ3n) is 4.04. The van der Waals surface area contributed by atoms with E-state index in [1.165, 1.54) is 12.1 Å². The van der Waals surface area contributed by atoms with Crippen LogP contribution in [0.4, 0.5) is 9.18 Å². The number of aromatic nitrogens is 2. The van der Waals surface area contributed by atoms with Crippen LogP contribution >= 0.6 is 0 Å². The highest BCUT2D eigenvalue weighted by Crippen LogP contribution is 2.15. The van der Waals surface area contributed by atoms with Crippen LogP contribution in [0.15, 0.2) is 36.7 Å². The summed E-state index contributed by atoms with van der Waals surface area (Å²) < 4.78 is 14.8. The zero-order valence-corrected chi connectivity index (χ0v) is 13.2. The van der Waals surface area contributed by atoms with E-state index in [0.29, 0.717) is 25.3 Å². The minimum absolute atomic E-state index is 0.0831. The molecular weight excluding hydrogens is 309 g/mol. The molecule has 0 unspecified atom stereocenters. The number of nitrogens with one attached hydrogen (secondary N) is 1. The number of piperidine rings is 1. The summed E-state index contributed by atoms with van der Waals surface area (Å²) in [4.78, 5) is 13.9. The Balaban J connectivity index is 1.57. The molecule has 24 heavy (non-hydrogen) atoms. The lowest BCUT2D eigenvalue weighted by atomic mass is 10.0. The first-order valence-electron chi connectivity index (χ1n) is 7.87. The van der Waals surface area contributed by atoms with E-state index < -0.39 is 0 Å². The highest BCUT2D eigenvalue weighted by molar-refractivity contribution is 5.74. The van der Waals surface area contributed by atoms with Crippen LogP contribution in [0.25, 0.3) is 5.69 Å². The number of urea groups is 1. The molecule has 1 aliphatic heterocycles. The quantitative estimate of drug-likeness (QED) is 0.941. The fourth-order valence-corrected chi connectivity index (χ4v) is 2.77. The molecule has 124 valence electrons. The molecule has 0 saturated carbocycles. The number of nitriles is 1. The van der Waals surface area contributed by atoms with Crippen molar-refractivity contribution >= 4 is 6.03 Å². The minimum Gasteiger partial charge on any atom is -0.334 e. The van der Waals surface area contributed by atoms with E-state index in [2.05, 4.69) is 16.5 Å². The number of halogens is 1. The van der Waals surface area contributed by atoms with Crippen molar-refractivity contribution in [2.75, 3.05) is 13.1 Å². The van der Waals surface area contributed by atoms with Gasteiger partial charge in [-0.25, -0.2) is 13.9 Å². The summed E-state index contributed by atoms with van der Waals surface area (Å²) in [5.41, 5.74) is 1.45. The first kappa shape index (κ1) is 16.0. The van der Waals surface area contributed by atoms with Crippen LogP contribution in [0.1, 0.15) is 18.4 Å². The van der Waals surface area contributed by atoms with Crippen molar-refractivity contribution in [1.82, 2.24) is 20.0 Å². The summed E-state index contributed by atoms with van der Waals surface area (Å²) in [6.45, 7) is 1.49. The van der Waals surface area contributed by atoms with Gasteiger partial charge in [0.1, 0.15) is 5.82 Å². The van der Waals surface area contributed by atoms with Crippen molar-refractivity contribution in [2.45, 2.75) is 19.4 Å². The maximum atomic E-state index is 13.3. The van der Waals surface area contributed by atoms with Gasteiger partial charge in [-0.05, 0) is 31.0 Å². The molecule has 0 aliphatic carbocycles. The molecule has 0 radical (unpaired) electrons. The number of amides is 2. The maximum Gasteiger partial charge on any atom is 0.317 e. The van der Waals surface area contributed by atoms with Crippen LogP contribution < -0.4 is 5.32 Å². The number of hydrogen-bond acceptors (Lipinski definition) is 3. The van der Waals surface area contributed by atoms with Crippen molar-refractivity contribution in [2.24, 2.45) is 5.92 Å². The number of benzene rings is 1. The van der Waals surface area contributed by atoms with Gasteiger partial charge in [-0.2, -0.15) is 10.4 Å². The van der Waals surface area contributed by atoms with E-state index in [9.17, 15) is 9.18 Å². The predicted octanol–water partition coefficient (Wildman–Crippen LogP) is 2.46. The number of nitrogens with zero attached hydrogens (tertiary/aromatic N) is 4. The van der Waals surface area contributed by atoms with Crippen molar-refractivity contribution in [1.29, 1.82) is 5.26 Å². The lowest BCUT2D eigenvalue weighted by Gasteiger charge is -2.29. The Morgan fingerprint density at radius 2 is 2.38 bits per heavy atom. The van der Waals surface area contributed by atoms with Gasteiger partial charge in [0, 0.05) is 31.4 Å². The minimum atomic E-state index is -0.324. The van der Waals surface area contributed by atoms with Crippen molar-refractivity contribution in [3.05, 3.63) is 48.0 Å². The molecule has 1 saturated heterocycles. The Hall–Kier alpha value is -2.88. The summed E-state index contributed by atoms with van der Waals surface area (Å²) in [5.74, 6) is -0.407. The van der Waals surface area contributed by atoms with Gasteiger partial charge in [-0.1, -0.05) is 6.07 Å². The van der Waals surface area contributed by atoms with Crippen molar-refractivity contribution < 1.29 is 9.18 Å². The molecule has 2 amide bonds. The summed E-state index contributed by atoms with van der Waals surface area (Å²) in [6.07, 6.45) is 5.09. The van der Waals surface area contributed by atoms with Crippen LogP contribution in [-0.4, -0.2) is 33.8 Å². The second kappa shape index (κ2) is 7.13. The van der Waals surface area contributed by atoms with E-state index in [1.54, 1.807) is 34.1 Å². The average Bonchev–Trinajstić information content (AvgIpc) is 3.09. The zero-order chi connectivity index (χ0) is 16.9. The van der Waals surface area contributed by atoms with Gasteiger partial charge >= 0.3 is 6.03 Å². The molecule has 2 aromatic rings. The number of hydrogen-bond donors (Lipinski definition) is 1. The summed E-state index contributed by atoms with van der Waals surface area (Å²) in [5, 5.41) is 16.0. The van der Waals surface area contributed by atoms with Gasteiger partial charge in [0.05, 0.1) is 23.9 Å².